The first-order valence-corrected chi connectivity index (χ1v) is 5.85. The smallest absolute Gasteiger partial charge is 0.129 e. The summed E-state index contributed by atoms with van der Waals surface area (Å²) in [5, 5.41) is 12.3. The Hall–Kier alpha value is -1.71. The summed E-state index contributed by atoms with van der Waals surface area (Å²) in [5.74, 6) is 1.20. The molecule has 92 valence electrons. The number of oxime groups is 1. The van der Waals surface area contributed by atoms with Crippen LogP contribution in [0.25, 0.3) is 0 Å². The number of hydrogen-bond acceptors (Lipinski definition) is 3. The molecule has 0 aromatic heterocycles. The van der Waals surface area contributed by atoms with Gasteiger partial charge in [0, 0.05) is 6.07 Å². The van der Waals surface area contributed by atoms with E-state index in [2.05, 4.69) is 5.16 Å². The summed E-state index contributed by atoms with van der Waals surface area (Å²) in [5.41, 5.74) is 0.732. The Labute approximate surface area is 114 Å². The molecule has 0 unspecified atom stereocenters. The quantitative estimate of drug-likeness (QED) is 0.508. The van der Waals surface area contributed by atoms with E-state index in [1.165, 1.54) is 6.21 Å². The first-order valence-electron chi connectivity index (χ1n) is 5.09. The topological polar surface area (TPSA) is 41.8 Å². The second-order valence-electron chi connectivity index (χ2n) is 3.50. The van der Waals surface area contributed by atoms with E-state index in [1.807, 2.05) is 0 Å². The lowest BCUT2D eigenvalue weighted by Crippen LogP contribution is -1.87. The molecule has 0 saturated heterocycles. The van der Waals surface area contributed by atoms with Crippen molar-refractivity contribution in [1.82, 2.24) is 0 Å². The van der Waals surface area contributed by atoms with Crippen LogP contribution in [-0.4, -0.2) is 11.4 Å². The molecule has 0 aliphatic rings. The fourth-order valence-corrected chi connectivity index (χ4v) is 1.69. The minimum Gasteiger partial charge on any atom is -0.457 e. The number of nitrogens with zero attached hydrogens (tertiary/aromatic N) is 1. The monoisotopic (exact) mass is 281 g/mol. The summed E-state index contributed by atoms with van der Waals surface area (Å²) in [7, 11) is 0. The van der Waals surface area contributed by atoms with Gasteiger partial charge in [-0.2, -0.15) is 0 Å². The van der Waals surface area contributed by atoms with Gasteiger partial charge in [-0.05, 0) is 29.8 Å². The zero-order chi connectivity index (χ0) is 13.0. The van der Waals surface area contributed by atoms with Gasteiger partial charge in [0.1, 0.15) is 11.5 Å². The molecule has 18 heavy (non-hydrogen) atoms. The highest BCUT2D eigenvalue weighted by atomic mass is 35.5. The predicted molar refractivity (Wildman–Crippen MR) is 72.4 cm³/mol. The molecule has 5 heteroatoms. The molecule has 0 fully saturated rings. The average Bonchev–Trinajstić information content (AvgIpc) is 2.35. The number of hydrogen-bond donors (Lipinski definition) is 1. The van der Waals surface area contributed by atoms with E-state index in [0.29, 0.717) is 21.5 Å². The van der Waals surface area contributed by atoms with Crippen LogP contribution < -0.4 is 4.74 Å². The lowest BCUT2D eigenvalue weighted by molar-refractivity contribution is 0.322. The maximum atomic E-state index is 8.46. The molecule has 0 radical (unpaired) electrons. The van der Waals surface area contributed by atoms with Crippen LogP contribution >= 0.6 is 23.2 Å². The molecule has 0 saturated carbocycles. The number of rotatable bonds is 3. The molecule has 0 spiro atoms. The molecule has 2 rings (SSSR count). The molecule has 1 N–H and O–H groups in total. The van der Waals surface area contributed by atoms with Crippen LogP contribution in [0.2, 0.25) is 10.0 Å². The van der Waals surface area contributed by atoms with Gasteiger partial charge in [0.25, 0.3) is 0 Å². The second kappa shape index (κ2) is 5.76. The molecule has 2 aromatic rings. The van der Waals surface area contributed by atoms with E-state index in [-0.39, 0.29) is 0 Å². The van der Waals surface area contributed by atoms with Crippen molar-refractivity contribution in [3.05, 3.63) is 58.1 Å². The molecule has 0 heterocycles. The largest absolute Gasteiger partial charge is 0.457 e. The lowest BCUT2D eigenvalue weighted by Gasteiger charge is -2.07. The van der Waals surface area contributed by atoms with Gasteiger partial charge in [0.2, 0.25) is 0 Å². The molecule has 0 aliphatic heterocycles. The summed E-state index contributed by atoms with van der Waals surface area (Å²) in [6, 6.07) is 12.1. The molecule has 2 aromatic carbocycles. The normalized spacial score (nSPS) is 10.8. The van der Waals surface area contributed by atoms with E-state index in [0.717, 1.165) is 5.56 Å². The molecule has 0 atom stereocenters. The maximum Gasteiger partial charge on any atom is 0.129 e. The van der Waals surface area contributed by atoms with Gasteiger partial charge in [-0.15, -0.1) is 0 Å². The van der Waals surface area contributed by atoms with Gasteiger partial charge in [-0.25, -0.2) is 0 Å². The second-order valence-corrected chi connectivity index (χ2v) is 4.31. The standard InChI is InChI=1S/C13H9Cl2NO2/c14-12-5-4-11(7-13(12)15)18-10-3-1-2-9(6-10)8-16-17/h1-8,17H. The van der Waals surface area contributed by atoms with E-state index < -0.39 is 0 Å². The number of benzene rings is 2. The highest BCUT2D eigenvalue weighted by molar-refractivity contribution is 6.42. The third kappa shape index (κ3) is 3.15. The molecule has 0 bridgehead atoms. The zero-order valence-electron chi connectivity index (χ0n) is 9.18. The van der Waals surface area contributed by atoms with Crippen LogP contribution in [0.3, 0.4) is 0 Å². The predicted octanol–water partition coefficient (Wildman–Crippen LogP) is 4.59. The minimum atomic E-state index is 0.433. The highest BCUT2D eigenvalue weighted by Crippen LogP contribution is 2.29. The number of ether oxygens (including phenoxy) is 1. The summed E-state index contributed by atoms with van der Waals surface area (Å²) in [6.07, 6.45) is 1.32. The van der Waals surface area contributed by atoms with E-state index >= 15 is 0 Å². The fraction of sp³-hybridized carbons (Fsp3) is 0. The van der Waals surface area contributed by atoms with Crippen molar-refractivity contribution < 1.29 is 9.94 Å². The average molecular weight is 282 g/mol. The van der Waals surface area contributed by atoms with Gasteiger partial charge in [0.15, 0.2) is 0 Å². The van der Waals surface area contributed by atoms with Crippen molar-refractivity contribution in [2.75, 3.05) is 0 Å². The summed E-state index contributed by atoms with van der Waals surface area (Å²) >= 11 is 11.7. The van der Waals surface area contributed by atoms with E-state index in [1.54, 1.807) is 42.5 Å². The van der Waals surface area contributed by atoms with Crippen LogP contribution in [-0.2, 0) is 0 Å². The lowest BCUT2D eigenvalue weighted by atomic mass is 10.2. The summed E-state index contributed by atoms with van der Waals surface area (Å²) in [4.78, 5) is 0. The first kappa shape index (κ1) is 12.7. The van der Waals surface area contributed by atoms with Gasteiger partial charge < -0.3 is 9.94 Å². The highest BCUT2D eigenvalue weighted by Gasteiger charge is 2.02. The number of halogens is 2. The van der Waals surface area contributed by atoms with E-state index in [9.17, 15) is 0 Å². The summed E-state index contributed by atoms with van der Waals surface area (Å²) in [6.45, 7) is 0. The molecule has 0 amide bonds. The van der Waals surface area contributed by atoms with Crippen LogP contribution in [0.4, 0.5) is 0 Å². The molecule has 0 aliphatic carbocycles. The molecular weight excluding hydrogens is 273 g/mol. The maximum absolute atomic E-state index is 8.46. The Balaban J connectivity index is 2.22. The van der Waals surface area contributed by atoms with Crippen molar-refractivity contribution in [3.8, 4) is 11.5 Å². The Morgan fingerprint density at radius 3 is 2.50 bits per heavy atom. The Kier molecular flexibility index (Phi) is 4.07. The van der Waals surface area contributed by atoms with Gasteiger partial charge in [0.05, 0.1) is 16.3 Å². The van der Waals surface area contributed by atoms with Gasteiger partial charge in [-0.1, -0.05) is 40.5 Å². The van der Waals surface area contributed by atoms with Gasteiger partial charge >= 0.3 is 0 Å². The van der Waals surface area contributed by atoms with Crippen LogP contribution in [0.15, 0.2) is 47.6 Å². The zero-order valence-corrected chi connectivity index (χ0v) is 10.7. The van der Waals surface area contributed by atoms with Crippen molar-refractivity contribution >= 4 is 29.4 Å². The van der Waals surface area contributed by atoms with Crippen molar-refractivity contribution in [1.29, 1.82) is 0 Å². The Morgan fingerprint density at radius 1 is 1.00 bits per heavy atom. The van der Waals surface area contributed by atoms with Crippen LogP contribution in [0, 0.1) is 0 Å². The molecular formula is C13H9Cl2NO2. The Bertz CT molecular complexity index is 585. The SMILES string of the molecule is ON=Cc1cccc(Oc2ccc(Cl)c(Cl)c2)c1. The van der Waals surface area contributed by atoms with Crippen molar-refractivity contribution in [2.24, 2.45) is 5.16 Å². The van der Waals surface area contributed by atoms with Gasteiger partial charge in [-0.3, -0.25) is 0 Å². The Morgan fingerprint density at radius 2 is 1.78 bits per heavy atom. The van der Waals surface area contributed by atoms with Crippen molar-refractivity contribution in [2.45, 2.75) is 0 Å². The summed E-state index contributed by atoms with van der Waals surface area (Å²) < 4.78 is 5.61. The van der Waals surface area contributed by atoms with Crippen molar-refractivity contribution in [3.63, 3.8) is 0 Å². The minimum absolute atomic E-state index is 0.433. The molecule has 3 nitrogen and oxygen atoms in total. The van der Waals surface area contributed by atoms with Crippen LogP contribution in [0.1, 0.15) is 5.56 Å². The van der Waals surface area contributed by atoms with Crippen LogP contribution in [0.5, 0.6) is 11.5 Å². The third-order valence-corrected chi connectivity index (χ3v) is 2.93. The first-order chi connectivity index (χ1) is 8.69. The third-order valence-electron chi connectivity index (χ3n) is 2.19. The van der Waals surface area contributed by atoms with E-state index in [4.69, 9.17) is 33.1 Å². The fourth-order valence-electron chi connectivity index (χ4n) is 1.40.